The minimum Gasteiger partial charge on any atom is -0.440 e. The maximum Gasteiger partial charge on any atom is 0.408 e. The number of ether oxygens (including phenoxy) is 1. The molecule has 1 aliphatic heterocycles. The highest BCUT2D eigenvalue weighted by Gasteiger charge is 2.58. The zero-order chi connectivity index (χ0) is 9.60. The third kappa shape index (κ3) is 1.02. The standard InChI is InChI=1S/C11H11NO2/c13-10-12-9(11(14-10)6-7-11)8-4-2-1-3-5-8/h1-5,9H,6-7H2,(H,12,13)/t9-/m1/s1. The summed E-state index contributed by atoms with van der Waals surface area (Å²) >= 11 is 0. The van der Waals surface area contributed by atoms with Gasteiger partial charge in [-0.15, -0.1) is 0 Å². The molecule has 0 radical (unpaired) electrons. The molecule has 3 nitrogen and oxygen atoms in total. The molecule has 1 spiro atoms. The highest BCUT2D eigenvalue weighted by molar-refractivity contribution is 5.72. The maximum absolute atomic E-state index is 11.1. The van der Waals surface area contributed by atoms with E-state index in [1.165, 1.54) is 0 Å². The average molecular weight is 189 g/mol. The van der Waals surface area contributed by atoms with Crippen LogP contribution in [0.1, 0.15) is 24.4 Å². The summed E-state index contributed by atoms with van der Waals surface area (Å²) < 4.78 is 5.28. The highest BCUT2D eigenvalue weighted by Crippen LogP contribution is 2.52. The first-order valence-corrected chi connectivity index (χ1v) is 4.85. The van der Waals surface area contributed by atoms with Gasteiger partial charge in [-0.2, -0.15) is 0 Å². The molecule has 72 valence electrons. The summed E-state index contributed by atoms with van der Waals surface area (Å²) in [6.07, 6.45) is 1.67. The lowest BCUT2D eigenvalue weighted by Crippen LogP contribution is -2.23. The van der Waals surface area contributed by atoms with E-state index in [1.54, 1.807) is 0 Å². The number of hydrogen-bond acceptors (Lipinski definition) is 2. The average Bonchev–Trinajstić information content (AvgIpc) is 2.87. The Morgan fingerprint density at radius 3 is 2.64 bits per heavy atom. The molecule has 1 atom stereocenters. The Balaban J connectivity index is 1.96. The summed E-state index contributed by atoms with van der Waals surface area (Å²) in [5.41, 5.74) is 0.911. The Morgan fingerprint density at radius 2 is 2.00 bits per heavy atom. The van der Waals surface area contributed by atoms with Gasteiger partial charge in [-0.3, -0.25) is 0 Å². The topological polar surface area (TPSA) is 38.3 Å². The molecule has 0 unspecified atom stereocenters. The van der Waals surface area contributed by atoms with Crippen molar-refractivity contribution in [3.8, 4) is 0 Å². The fourth-order valence-corrected chi connectivity index (χ4v) is 2.07. The van der Waals surface area contributed by atoms with Crippen molar-refractivity contribution in [2.45, 2.75) is 24.5 Å². The van der Waals surface area contributed by atoms with Crippen LogP contribution in [0.25, 0.3) is 0 Å². The van der Waals surface area contributed by atoms with Gasteiger partial charge in [-0.05, 0) is 18.4 Å². The van der Waals surface area contributed by atoms with Gasteiger partial charge in [-0.25, -0.2) is 4.79 Å². The summed E-state index contributed by atoms with van der Waals surface area (Å²) in [4.78, 5) is 11.1. The van der Waals surface area contributed by atoms with E-state index < -0.39 is 0 Å². The van der Waals surface area contributed by atoms with Gasteiger partial charge in [0.2, 0.25) is 0 Å². The van der Waals surface area contributed by atoms with Crippen molar-refractivity contribution >= 4 is 6.09 Å². The molecular weight excluding hydrogens is 178 g/mol. The molecule has 2 fully saturated rings. The molecule has 2 aliphatic rings. The molecule has 1 aromatic carbocycles. The first kappa shape index (κ1) is 7.85. The summed E-state index contributed by atoms with van der Waals surface area (Å²) in [6.45, 7) is 0. The van der Waals surface area contributed by atoms with E-state index in [4.69, 9.17) is 4.74 Å². The molecule has 1 N–H and O–H groups in total. The van der Waals surface area contributed by atoms with Crippen molar-refractivity contribution in [3.63, 3.8) is 0 Å². The van der Waals surface area contributed by atoms with Crippen molar-refractivity contribution in [2.24, 2.45) is 0 Å². The van der Waals surface area contributed by atoms with Crippen molar-refractivity contribution in [2.75, 3.05) is 0 Å². The number of carbonyl (C=O) groups is 1. The Bertz CT molecular complexity index is 370. The molecule has 3 heteroatoms. The van der Waals surface area contributed by atoms with E-state index in [0.29, 0.717) is 0 Å². The largest absolute Gasteiger partial charge is 0.440 e. The van der Waals surface area contributed by atoms with E-state index in [2.05, 4.69) is 5.32 Å². The van der Waals surface area contributed by atoms with Crippen molar-refractivity contribution in [1.29, 1.82) is 0 Å². The monoisotopic (exact) mass is 189 g/mol. The first-order valence-electron chi connectivity index (χ1n) is 4.85. The van der Waals surface area contributed by atoms with Crippen LogP contribution in [0.15, 0.2) is 30.3 Å². The molecule has 0 aromatic heterocycles. The number of rotatable bonds is 1. The Hall–Kier alpha value is -1.51. The molecule has 1 heterocycles. The summed E-state index contributed by atoms with van der Waals surface area (Å²) in [7, 11) is 0. The second-order valence-corrected chi connectivity index (χ2v) is 3.94. The van der Waals surface area contributed by atoms with E-state index in [9.17, 15) is 4.79 Å². The SMILES string of the molecule is O=C1N[C@H](c2ccccc2)C2(CC2)O1. The Morgan fingerprint density at radius 1 is 1.29 bits per heavy atom. The number of alkyl carbamates (subject to hydrolysis) is 1. The molecule has 14 heavy (non-hydrogen) atoms. The number of nitrogens with one attached hydrogen (secondary N) is 1. The van der Waals surface area contributed by atoms with Crippen LogP contribution < -0.4 is 5.32 Å². The Labute approximate surface area is 82.1 Å². The minimum atomic E-state index is -0.281. The Kier molecular flexibility index (Phi) is 1.40. The van der Waals surface area contributed by atoms with Gasteiger partial charge in [0.15, 0.2) is 0 Å². The molecule has 1 aromatic rings. The molecular formula is C11H11NO2. The zero-order valence-corrected chi connectivity index (χ0v) is 7.69. The van der Waals surface area contributed by atoms with Gasteiger partial charge in [0.25, 0.3) is 0 Å². The fraction of sp³-hybridized carbons (Fsp3) is 0.364. The summed E-state index contributed by atoms with van der Waals surface area (Å²) in [6, 6.07) is 10.0. The van der Waals surface area contributed by atoms with Crippen LogP contribution >= 0.6 is 0 Å². The lowest BCUT2D eigenvalue weighted by molar-refractivity contribution is 0.117. The lowest BCUT2D eigenvalue weighted by atomic mass is 10.0. The molecule has 1 saturated carbocycles. The van der Waals surface area contributed by atoms with Crippen LogP contribution in [-0.2, 0) is 4.74 Å². The third-order valence-electron chi connectivity index (χ3n) is 2.96. The second-order valence-electron chi connectivity index (χ2n) is 3.94. The molecule has 1 amide bonds. The molecule has 0 bridgehead atoms. The fourth-order valence-electron chi connectivity index (χ4n) is 2.07. The van der Waals surface area contributed by atoms with Gasteiger partial charge < -0.3 is 10.1 Å². The van der Waals surface area contributed by atoms with Gasteiger partial charge in [0.05, 0.1) is 6.04 Å². The third-order valence-corrected chi connectivity index (χ3v) is 2.96. The number of benzene rings is 1. The summed E-state index contributed by atoms with van der Waals surface area (Å²) in [5.74, 6) is 0. The van der Waals surface area contributed by atoms with Gasteiger partial charge in [0, 0.05) is 0 Å². The van der Waals surface area contributed by atoms with Crippen LogP contribution in [-0.4, -0.2) is 11.7 Å². The predicted octanol–water partition coefficient (Wildman–Crippen LogP) is 2.00. The maximum atomic E-state index is 11.1. The van der Waals surface area contributed by atoms with Gasteiger partial charge >= 0.3 is 6.09 Å². The van der Waals surface area contributed by atoms with Crippen LogP contribution in [0.4, 0.5) is 4.79 Å². The molecule has 1 aliphatic carbocycles. The molecule has 1 saturated heterocycles. The quantitative estimate of drug-likeness (QED) is 0.733. The van der Waals surface area contributed by atoms with Gasteiger partial charge in [-0.1, -0.05) is 30.3 Å². The minimum absolute atomic E-state index is 0.0520. The van der Waals surface area contributed by atoms with Crippen molar-refractivity contribution in [3.05, 3.63) is 35.9 Å². The van der Waals surface area contributed by atoms with E-state index >= 15 is 0 Å². The van der Waals surface area contributed by atoms with Crippen LogP contribution in [0, 0.1) is 0 Å². The number of amides is 1. The molecule has 3 rings (SSSR count). The smallest absolute Gasteiger partial charge is 0.408 e. The van der Waals surface area contributed by atoms with E-state index in [1.807, 2.05) is 30.3 Å². The van der Waals surface area contributed by atoms with E-state index in [-0.39, 0.29) is 17.7 Å². The number of carbonyl (C=O) groups excluding carboxylic acids is 1. The van der Waals surface area contributed by atoms with Crippen LogP contribution in [0.2, 0.25) is 0 Å². The van der Waals surface area contributed by atoms with Crippen LogP contribution in [0.3, 0.4) is 0 Å². The van der Waals surface area contributed by atoms with Gasteiger partial charge in [0.1, 0.15) is 5.60 Å². The van der Waals surface area contributed by atoms with Crippen LogP contribution in [0.5, 0.6) is 0 Å². The highest BCUT2D eigenvalue weighted by atomic mass is 16.6. The normalized spacial score (nSPS) is 27.1. The van der Waals surface area contributed by atoms with Crippen molar-refractivity contribution in [1.82, 2.24) is 5.32 Å². The predicted molar refractivity (Wildman–Crippen MR) is 50.8 cm³/mol. The zero-order valence-electron chi connectivity index (χ0n) is 7.69. The lowest BCUT2D eigenvalue weighted by Gasteiger charge is -2.15. The second kappa shape index (κ2) is 2.50. The first-order chi connectivity index (χ1) is 6.80. The van der Waals surface area contributed by atoms with Crippen molar-refractivity contribution < 1.29 is 9.53 Å². The van der Waals surface area contributed by atoms with E-state index in [0.717, 1.165) is 18.4 Å². The number of hydrogen-bond donors (Lipinski definition) is 1. The summed E-state index contributed by atoms with van der Waals surface area (Å²) in [5, 5.41) is 2.86.